The van der Waals surface area contributed by atoms with Gasteiger partial charge in [0.2, 0.25) is 0 Å². The summed E-state index contributed by atoms with van der Waals surface area (Å²) in [6.45, 7) is 1.59. The molecule has 4 aromatic rings. The van der Waals surface area contributed by atoms with Crippen LogP contribution in [0, 0.1) is 0 Å². The van der Waals surface area contributed by atoms with Crippen molar-refractivity contribution in [3.8, 4) is 10.6 Å². The van der Waals surface area contributed by atoms with E-state index in [1.54, 1.807) is 11.3 Å². The van der Waals surface area contributed by atoms with E-state index in [0.29, 0.717) is 6.54 Å². The third-order valence-electron chi connectivity index (χ3n) is 4.99. The second-order valence-corrected chi connectivity index (χ2v) is 8.77. The number of aliphatic imine (C=N–C) groups is 1. The molecule has 1 aliphatic heterocycles. The number of hydrogen-bond acceptors (Lipinski definition) is 6. The molecule has 0 saturated heterocycles. The molecule has 7 heteroatoms. The lowest BCUT2D eigenvalue weighted by Crippen LogP contribution is -2.09. The van der Waals surface area contributed by atoms with E-state index in [0.717, 1.165) is 41.9 Å². The van der Waals surface area contributed by atoms with Crippen LogP contribution in [0.15, 0.2) is 47.5 Å². The summed E-state index contributed by atoms with van der Waals surface area (Å²) >= 11 is 1.78. The van der Waals surface area contributed by atoms with Crippen LogP contribution < -0.4 is 0 Å². The van der Waals surface area contributed by atoms with Crippen molar-refractivity contribution in [2.75, 3.05) is 14.1 Å². The SMILES string of the molecule is CN(C)Cc1ccc(-c2ccc3nnn(Cc4ccc5c(c4)CCC=N5)c3n2)s1. The Hall–Kier alpha value is -2.90. The maximum atomic E-state index is 4.89. The molecule has 0 N–H and O–H groups in total. The fourth-order valence-corrected chi connectivity index (χ4v) is 4.72. The Morgan fingerprint density at radius 1 is 1.10 bits per heavy atom. The minimum absolute atomic E-state index is 0.653. The second kappa shape index (κ2) is 7.50. The first-order valence-corrected chi connectivity index (χ1v) is 10.6. The zero-order chi connectivity index (χ0) is 19.8. The van der Waals surface area contributed by atoms with Gasteiger partial charge in [0.1, 0.15) is 5.52 Å². The van der Waals surface area contributed by atoms with Crippen LogP contribution in [0.1, 0.15) is 22.4 Å². The van der Waals surface area contributed by atoms with E-state index in [-0.39, 0.29) is 0 Å². The Balaban J connectivity index is 1.45. The molecule has 0 atom stereocenters. The predicted octanol–water partition coefficient (Wildman–Crippen LogP) is 4.31. The molecule has 0 saturated carbocycles. The summed E-state index contributed by atoms with van der Waals surface area (Å²) in [7, 11) is 4.17. The number of fused-ring (bicyclic) bond motifs is 2. The molecule has 29 heavy (non-hydrogen) atoms. The van der Waals surface area contributed by atoms with Gasteiger partial charge in [-0.15, -0.1) is 16.4 Å². The van der Waals surface area contributed by atoms with Crippen LogP contribution in [-0.4, -0.2) is 45.2 Å². The normalized spacial score (nSPS) is 13.3. The monoisotopic (exact) mass is 402 g/mol. The van der Waals surface area contributed by atoms with Gasteiger partial charge in [0.05, 0.1) is 22.8 Å². The van der Waals surface area contributed by atoms with Crippen molar-refractivity contribution in [3.63, 3.8) is 0 Å². The van der Waals surface area contributed by atoms with E-state index < -0.39 is 0 Å². The first-order valence-electron chi connectivity index (χ1n) is 9.74. The lowest BCUT2D eigenvalue weighted by Gasteiger charge is -2.11. The Morgan fingerprint density at radius 2 is 2.03 bits per heavy atom. The molecule has 1 aliphatic rings. The number of pyridine rings is 1. The number of hydrogen-bond donors (Lipinski definition) is 0. The average molecular weight is 403 g/mol. The van der Waals surface area contributed by atoms with Gasteiger partial charge in [-0.25, -0.2) is 9.67 Å². The van der Waals surface area contributed by atoms with Crippen molar-refractivity contribution in [3.05, 3.63) is 58.5 Å². The Bertz CT molecular complexity index is 1200. The summed E-state index contributed by atoms with van der Waals surface area (Å²) in [4.78, 5) is 14.0. The molecule has 0 fully saturated rings. The third kappa shape index (κ3) is 3.71. The van der Waals surface area contributed by atoms with Gasteiger partial charge >= 0.3 is 0 Å². The lowest BCUT2D eigenvalue weighted by molar-refractivity contribution is 0.406. The van der Waals surface area contributed by atoms with Crippen molar-refractivity contribution in [2.24, 2.45) is 4.99 Å². The van der Waals surface area contributed by atoms with Crippen molar-refractivity contribution >= 4 is 34.4 Å². The summed E-state index contributed by atoms with van der Waals surface area (Å²) in [5.74, 6) is 0. The maximum Gasteiger partial charge on any atom is 0.179 e. The number of aryl methyl sites for hydroxylation is 1. The molecule has 4 heterocycles. The summed E-state index contributed by atoms with van der Waals surface area (Å²) in [6.07, 6.45) is 4.04. The highest BCUT2D eigenvalue weighted by molar-refractivity contribution is 7.15. The summed E-state index contributed by atoms with van der Waals surface area (Å²) in [5, 5.41) is 8.66. The van der Waals surface area contributed by atoms with Crippen LogP contribution in [0.25, 0.3) is 21.7 Å². The topological polar surface area (TPSA) is 59.2 Å². The molecule has 3 aromatic heterocycles. The highest BCUT2D eigenvalue weighted by Gasteiger charge is 2.12. The zero-order valence-electron chi connectivity index (χ0n) is 16.5. The fraction of sp³-hybridized carbons (Fsp3) is 0.273. The van der Waals surface area contributed by atoms with E-state index >= 15 is 0 Å². The van der Waals surface area contributed by atoms with E-state index in [4.69, 9.17) is 4.98 Å². The van der Waals surface area contributed by atoms with E-state index in [2.05, 4.69) is 64.6 Å². The molecular weight excluding hydrogens is 380 g/mol. The first-order chi connectivity index (χ1) is 14.2. The van der Waals surface area contributed by atoms with Crippen LogP contribution in [0.4, 0.5) is 5.69 Å². The average Bonchev–Trinajstić information content (AvgIpc) is 3.34. The standard InChI is InChI=1S/C22H22N6S/c1-27(2)14-17-6-10-21(29-17)19-8-9-20-22(24-19)28(26-25-20)13-15-5-7-18-16(12-15)4-3-11-23-18/h5-12H,3-4,13-14H2,1-2H3. The molecule has 6 nitrogen and oxygen atoms in total. The van der Waals surface area contributed by atoms with E-state index in [1.807, 2.05) is 23.0 Å². The summed E-state index contributed by atoms with van der Waals surface area (Å²) in [6, 6.07) is 14.8. The van der Waals surface area contributed by atoms with Crippen LogP contribution in [0.2, 0.25) is 0 Å². The molecule has 1 aromatic carbocycles. The number of aromatic nitrogens is 4. The molecular formula is C22H22N6S. The van der Waals surface area contributed by atoms with Gasteiger partial charge < -0.3 is 4.90 Å². The van der Waals surface area contributed by atoms with Gasteiger partial charge in [0.25, 0.3) is 0 Å². The number of rotatable bonds is 5. The van der Waals surface area contributed by atoms with Crippen LogP contribution in [0.3, 0.4) is 0 Å². The summed E-state index contributed by atoms with van der Waals surface area (Å²) in [5.41, 5.74) is 6.19. The fourth-order valence-electron chi connectivity index (χ4n) is 3.63. The lowest BCUT2D eigenvalue weighted by atomic mass is 10.0. The largest absolute Gasteiger partial charge is 0.304 e. The molecule has 0 aliphatic carbocycles. The second-order valence-electron chi connectivity index (χ2n) is 7.60. The van der Waals surface area contributed by atoms with Gasteiger partial charge in [-0.05, 0) is 68.4 Å². The van der Waals surface area contributed by atoms with Gasteiger partial charge in [-0.1, -0.05) is 17.3 Å². The third-order valence-corrected chi connectivity index (χ3v) is 6.09. The summed E-state index contributed by atoms with van der Waals surface area (Å²) < 4.78 is 1.89. The Morgan fingerprint density at radius 3 is 2.93 bits per heavy atom. The molecule has 0 unspecified atom stereocenters. The van der Waals surface area contributed by atoms with Crippen LogP contribution in [0.5, 0.6) is 0 Å². The first kappa shape index (κ1) is 18.1. The number of benzene rings is 1. The van der Waals surface area contributed by atoms with Gasteiger partial charge in [0.15, 0.2) is 5.65 Å². The molecule has 0 amide bonds. The van der Waals surface area contributed by atoms with Crippen LogP contribution in [-0.2, 0) is 19.5 Å². The van der Waals surface area contributed by atoms with Crippen molar-refractivity contribution in [2.45, 2.75) is 25.9 Å². The molecule has 0 bridgehead atoms. The minimum atomic E-state index is 0.653. The van der Waals surface area contributed by atoms with E-state index in [9.17, 15) is 0 Å². The Labute approximate surface area is 173 Å². The molecule has 0 spiro atoms. The predicted molar refractivity (Wildman–Crippen MR) is 118 cm³/mol. The van der Waals surface area contributed by atoms with Crippen molar-refractivity contribution in [1.82, 2.24) is 24.9 Å². The van der Waals surface area contributed by atoms with Gasteiger partial charge in [-0.3, -0.25) is 4.99 Å². The van der Waals surface area contributed by atoms with E-state index in [1.165, 1.54) is 20.9 Å². The van der Waals surface area contributed by atoms with Crippen LogP contribution >= 0.6 is 11.3 Å². The zero-order valence-corrected chi connectivity index (χ0v) is 17.4. The Kier molecular flexibility index (Phi) is 4.69. The minimum Gasteiger partial charge on any atom is -0.304 e. The van der Waals surface area contributed by atoms with Crippen molar-refractivity contribution in [1.29, 1.82) is 0 Å². The molecule has 0 radical (unpaired) electrons. The van der Waals surface area contributed by atoms with Gasteiger partial charge in [-0.2, -0.15) is 0 Å². The van der Waals surface area contributed by atoms with Gasteiger partial charge in [0, 0.05) is 17.6 Å². The number of nitrogens with zero attached hydrogens (tertiary/aromatic N) is 6. The number of thiophene rings is 1. The molecule has 146 valence electrons. The maximum absolute atomic E-state index is 4.89. The molecule has 5 rings (SSSR count). The highest BCUT2D eigenvalue weighted by atomic mass is 32.1. The quantitative estimate of drug-likeness (QED) is 0.499. The van der Waals surface area contributed by atoms with Crippen molar-refractivity contribution < 1.29 is 0 Å². The smallest absolute Gasteiger partial charge is 0.179 e. The highest BCUT2D eigenvalue weighted by Crippen LogP contribution is 2.29.